The molecule has 5 N–H and O–H groups in total. The number of primary amides is 1. The molecule has 0 fully saturated rings. The Kier molecular flexibility index (Phi) is 3.60. The van der Waals surface area contributed by atoms with Crippen molar-refractivity contribution < 1.29 is 9.32 Å². The number of nitrogens with zero attached hydrogens (tertiary/aromatic N) is 3. The van der Waals surface area contributed by atoms with Gasteiger partial charge in [0.1, 0.15) is 5.82 Å². The third kappa shape index (κ3) is 3.18. The number of pyridine rings is 1. The minimum Gasteiger partial charge on any atom is -0.397 e. The van der Waals surface area contributed by atoms with Crippen LogP contribution < -0.4 is 16.8 Å². The van der Waals surface area contributed by atoms with Crippen molar-refractivity contribution in [1.29, 1.82) is 0 Å². The first kappa shape index (κ1) is 12.8. The maximum absolute atomic E-state index is 11.3. The summed E-state index contributed by atoms with van der Waals surface area (Å²) in [5, 5.41) is 6.66. The standard InChI is InChI=1S/C11H14N6O2/c1-6-16-9(19-17-6)2-3-14-11-8(10(13)18)4-7(12)5-15-11/h4-5H,2-3,12H2,1H3,(H2,13,18)(H,14,15). The highest BCUT2D eigenvalue weighted by molar-refractivity contribution is 5.98. The van der Waals surface area contributed by atoms with Crippen molar-refractivity contribution >= 4 is 17.4 Å². The van der Waals surface area contributed by atoms with Crippen molar-refractivity contribution in [1.82, 2.24) is 15.1 Å². The van der Waals surface area contributed by atoms with Gasteiger partial charge in [-0.05, 0) is 13.0 Å². The monoisotopic (exact) mass is 262 g/mol. The van der Waals surface area contributed by atoms with E-state index in [0.29, 0.717) is 36.2 Å². The van der Waals surface area contributed by atoms with Crippen molar-refractivity contribution in [2.75, 3.05) is 17.6 Å². The van der Waals surface area contributed by atoms with Crippen molar-refractivity contribution in [3.8, 4) is 0 Å². The predicted molar refractivity (Wildman–Crippen MR) is 68.4 cm³/mol. The molecule has 0 spiro atoms. The fourth-order valence-corrected chi connectivity index (χ4v) is 1.54. The molecule has 2 aromatic rings. The summed E-state index contributed by atoms with van der Waals surface area (Å²) < 4.78 is 4.97. The molecular formula is C11H14N6O2. The van der Waals surface area contributed by atoms with Crippen LogP contribution in [0.4, 0.5) is 11.5 Å². The third-order valence-corrected chi connectivity index (χ3v) is 2.38. The van der Waals surface area contributed by atoms with E-state index >= 15 is 0 Å². The Balaban J connectivity index is 2.01. The minimum atomic E-state index is -0.587. The molecule has 0 aliphatic heterocycles. The number of nitrogens with two attached hydrogens (primary N) is 2. The molecule has 0 saturated heterocycles. The first-order chi connectivity index (χ1) is 9.06. The van der Waals surface area contributed by atoms with Crippen LogP contribution in [0.5, 0.6) is 0 Å². The number of rotatable bonds is 5. The van der Waals surface area contributed by atoms with Gasteiger partial charge in [0.2, 0.25) is 5.89 Å². The lowest BCUT2D eigenvalue weighted by Crippen LogP contribution is -2.17. The lowest BCUT2D eigenvalue weighted by Gasteiger charge is -2.08. The second-order valence-electron chi connectivity index (χ2n) is 3.94. The van der Waals surface area contributed by atoms with Gasteiger partial charge in [-0.3, -0.25) is 4.79 Å². The van der Waals surface area contributed by atoms with Crippen LogP contribution in [-0.2, 0) is 6.42 Å². The second-order valence-corrected chi connectivity index (χ2v) is 3.94. The molecule has 1 amide bonds. The quantitative estimate of drug-likeness (QED) is 0.696. The number of carbonyl (C=O) groups excluding carboxylic acids is 1. The van der Waals surface area contributed by atoms with E-state index in [2.05, 4.69) is 20.4 Å². The Morgan fingerprint density at radius 3 is 2.95 bits per heavy atom. The summed E-state index contributed by atoms with van der Waals surface area (Å²) in [6.07, 6.45) is 1.97. The van der Waals surface area contributed by atoms with E-state index in [4.69, 9.17) is 16.0 Å². The van der Waals surface area contributed by atoms with E-state index in [1.165, 1.54) is 12.3 Å². The van der Waals surface area contributed by atoms with E-state index in [1.54, 1.807) is 6.92 Å². The largest absolute Gasteiger partial charge is 0.397 e. The number of aryl methyl sites for hydroxylation is 1. The molecule has 0 aromatic carbocycles. The number of carbonyl (C=O) groups is 1. The summed E-state index contributed by atoms with van der Waals surface area (Å²) in [6, 6.07) is 1.48. The molecule has 0 aliphatic rings. The number of nitrogen functional groups attached to an aromatic ring is 1. The van der Waals surface area contributed by atoms with Gasteiger partial charge in [0, 0.05) is 13.0 Å². The Hall–Kier alpha value is -2.64. The van der Waals surface area contributed by atoms with Crippen LogP contribution in [0.1, 0.15) is 22.1 Å². The van der Waals surface area contributed by atoms with Crippen LogP contribution >= 0.6 is 0 Å². The first-order valence-electron chi connectivity index (χ1n) is 5.64. The van der Waals surface area contributed by atoms with Gasteiger partial charge in [-0.1, -0.05) is 5.16 Å². The molecule has 0 saturated carbocycles. The molecule has 2 aromatic heterocycles. The summed E-state index contributed by atoms with van der Waals surface area (Å²) in [7, 11) is 0. The van der Waals surface area contributed by atoms with E-state index in [0.717, 1.165) is 0 Å². The summed E-state index contributed by atoms with van der Waals surface area (Å²) in [4.78, 5) is 19.4. The molecule has 2 heterocycles. The number of amides is 1. The van der Waals surface area contributed by atoms with Gasteiger partial charge in [-0.15, -0.1) is 0 Å². The maximum Gasteiger partial charge on any atom is 0.252 e. The topological polar surface area (TPSA) is 133 Å². The molecular weight excluding hydrogens is 248 g/mol. The highest BCUT2D eigenvalue weighted by Crippen LogP contribution is 2.14. The lowest BCUT2D eigenvalue weighted by molar-refractivity contribution is 0.100. The smallest absolute Gasteiger partial charge is 0.252 e. The SMILES string of the molecule is Cc1noc(CCNc2ncc(N)cc2C(N)=O)n1. The van der Waals surface area contributed by atoms with Gasteiger partial charge in [0.25, 0.3) is 5.91 Å². The number of hydrogen-bond acceptors (Lipinski definition) is 7. The zero-order valence-electron chi connectivity index (χ0n) is 10.4. The average molecular weight is 262 g/mol. The van der Waals surface area contributed by atoms with Crippen molar-refractivity contribution in [3.05, 3.63) is 29.5 Å². The van der Waals surface area contributed by atoms with Crippen molar-refractivity contribution in [3.63, 3.8) is 0 Å². The molecule has 19 heavy (non-hydrogen) atoms. The van der Waals surface area contributed by atoms with Gasteiger partial charge in [-0.25, -0.2) is 4.98 Å². The zero-order chi connectivity index (χ0) is 13.8. The van der Waals surface area contributed by atoms with Crippen LogP contribution in [-0.4, -0.2) is 27.6 Å². The molecule has 2 rings (SSSR count). The molecule has 0 atom stereocenters. The van der Waals surface area contributed by atoms with Crippen LogP contribution in [0.25, 0.3) is 0 Å². The maximum atomic E-state index is 11.3. The predicted octanol–water partition coefficient (Wildman–Crippen LogP) is 0.109. The Morgan fingerprint density at radius 1 is 1.53 bits per heavy atom. The summed E-state index contributed by atoms with van der Waals surface area (Å²) in [6.45, 7) is 2.23. The van der Waals surface area contributed by atoms with E-state index in [9.17, 15) is 4.79 Å². The molecule has 8 heteroatoms. The molecule has 0 unspecified atom stereocenters. The Labute approximate surface area is 109 Å². The first-order valence-corrected chi connectivity index (χ1v) is 5.64. The third-order valence-electron chi connectivity index (χ3n) is 2.38. The van der Waals surface area contributed by atoms with Gasteiger partial charge in [-0.2, -0.15) is 4.98 Å². The summed E-state index contributed by atoms with van der Waals surface area (Å²) in [5.74, 6) is 0.897. The average Bonchev–Trinajstić information content (AvgIpc) is 2.77. The van der Waals surface area contributed by atoms with E-state index in [-0.39, 0.29) is 5.56 Å². The number of nitrogens with one attached hydrogen (secondary N) is 1. The molecule has 0 radical (unpaired) electrons. The Bertz CT molecular complexity index is 595. The van der Waals surface area contributed by atoms with Crippen LogP contribution in [0.2, 0.25) is 0 Å². The summed E-state index contributed by atoms with van der Waals surface area (Å²) >= 11 is 0. The fourth-order valence-electron chi connectivity index (χ4n) is 1.54. The van der Waals surface area contributed by atoms with E-state index in [1.807, 2.05) is 0 Å². The normalized spacial score (nSPS) is 10.4. The molecule has 0 aliphatic carbocycles. The molecule has 100 valence electrons. The van der Waals surface area contributed by atoms with Gasteiger partial charge < -0.3 is 21.3 Å². The van der Waals surface area contributed by atoms with Crippen LogP contribution in [0.3, 0.4) is 0 Å². The van der Waals surface area contributed by atoms with Gasteiger partial charge in [0.15, 0.2) is 5.82 Å². The highest BCUT2D eigenvalue weighted by atomic mass is 16.5. The molecule has 8 nitrogen and oxygen atoms in total. The number of hydrogen-bond donors (Lipinski definition) is 3. The summed E-state index contributed by atoms with van der Waals surface area (Å²) in [5.41, 5.74) is 11.4. The lowest BCUT2D eigenvalue weighted by atomic mass is 10.2. The highest BCUT2D eigenvalue weighted by Gasteiger charge is 2.10. The zero-order valence-corrected chi connectivity index (χ0v) is 10.4. The van der Waals surface area contributed by atoms with Crippen LogP contribution in [0, 0.1) is 6.92 Å². The Morgan fingerprint density at radius 2 is 2.32 bits per heavy atom. The van der Waals surface area contributed by atoms with Gasteiger partial charge >= 0.3 is 0 Å². The van der Waals surface area contributed by atoms with Crippen LogP contribution in [0.15, 0.2) is 16.8 Å². The van der Waals surface area contributed by atoms with Crippen molar-refractivity contribution in [2.45, 2.75) is 13.3 Å². The van der Waals surface area contributed by atoms with E-state index < -0.39 is 5.91 Å². The van der Waals surface area contributed by atoms with Gasteiger partial charge in [0.05, 0.1) is 17.4 Å². The number of aromatic nitrogens is 3. The second kappa shape index (κ2) is 5.34. The fraction of sp³-hybridized carbons (Fsp3) is 0.273. The number of anilines is 2. The minimum absolute atomic E-state index is 0.252. The van der Waals surface area contributed by atoms with Crippen molar-refractivity contribution in [2.24, 2.45) is 5.73 Å². The molecule has 0 bridgehead atoms.